The normalized spacial score (nSPS) is 17.1. The van der Waals surface area contributed by atoms with Crippen LogP contribution in [0.2, 0.25) is 0 Å². The molecular formula is C12H20N2OSe. The Morgan fingerprint density at radius 1 is 1.38 bits per heavy atom. The summed E-state index contributed by atoms with van der Waals surface area (Å²) < 4.78 is 8.31. The van der Waals surface area contributed by atoms with Crippen LogP contribution in [0.25, 0.3) is 0 Å². The first-order chi connectivity index (χ1) is 7.75. The Bertz CT molecular complexity index is 319. The van der Waals surface area contributed by atoms with Crippen molar-refractivity contribution in [3.05, 3.63) is 10.6 Å². The van der Waals surface area contributed by atoms with Gasteiger partial charge >= 0.3 is 103 Å². The van der Waals surface area contributed by atoms with E-state index in [-0.39, 0.29) is 0 Å². The minimum absolute atomic E-state index is 0.315. The van der Waals surface area contributed by atoms with Crippen molar-refractivity contribution in [3.63, 3.8) is 0 Å². The molecule has 1 aliphatic rings. The molecule has 90 valence electrons. The maximum absolute atomic E-state index is 5.62. The third-order valence-electron chi connectivity index (χ3n) is 2.73. The second-order valence-electron chi connectivity index (χ2n) is 4.52. The molecule has 1 aromatic heterocycles. The zero-order chi connectivity index (χ0) is 11.4. The van der Waals surface area contributed by atoms with Crippen molar-refractivity contribution in [1.29, 1.82) is 0 Å². The van der Waals surface area contributed by atoms with E-state index in [2.05, 4.69) is 23.7 Å². The summed E-state index contributed by atoms with van der Waals surface area (Å²) in [4.78, 5) is 7.01. The van der Waals surface area contributed by atoms with Gasteiger partial charge in [0.2, 0.25) is 0 Å². The van der Waals surface area contributed by atoms with E-state index in [1.54, 1.807) is 0 Å². The molecule has 0 atom stereocenters. The van der Waals surface area contributed by atoms with Gasteiger partial charge < -0.3 is 0 Å². The van der Waals surface area contributed by atoms with E-state index in [1.807, 2.05) is 6.20 Å². The Hall–Kier alpha value is -0.311. The van der Waals surface area contributed by atoms with E-state index in [0.29, 0.717) is 20.6 Å². The maximum atomic E-state index is 5.62. The van der Waals surface area contributed by atoms with Gasteiger partial charge in [0, 0.05) is 0 Å². The summed E-state index contributed by atoms with van der Waals surface area (Å²) in [6.45, 7) is 7.32. The first-order valence-corrected chi connectivity index (χ1v) is 7.78. The molecule has 0 unspecified atom stereocenters. The van der Waals surface area contributed by atoms with Crippen molar-refractivity contribution in [1.82, 2.24) is 4.98 Å². The van der Waals surface area contributed by atoms with E-state index in [4.69, 9.17) is 4.74 Å². The van der Waals surface area contributed by atoms with Gasteiger partial charge in [0.25, 0.3) is 0 Å². The van der Waals surface area contributed by atoms with Crippen LogP contribution in [-0.4, -0.2) is 38.7 Å². The van der Waals surface area contributed by atoms with Crippen molar-refractivity contribution >= 4 is 19.2 Å². The van der Waals surface area contributed by atoms with E-state index < -0.39 is 0 Å². The molecule has 1 aliphatic heterocycles. The summed E-state index contributed by atoms with van der Waals surface area (Å²) in [5.74, 6) is 0. The summed E-state index contributed by atoms with van der Waals surface area (Å²) in [6, 6.07) is 0. The quantitative estimate of drug-likeness (QED) is 0.793. The van der Waals surface area contributed by atoms with Crippen LogP contribution in [0, 0.1) is 0 Å². The van der Waals surface area contributed by atoms with Gasteiger partial charge in [0.05, 0.1) is 0 Å². The first kappa shape index (κ1) is 12.2. The molecule has 4 heteroatoms. The van der Waals surface area contributed by atoms with Gasteiger partial charge in [-0.2, -0.15) is 0 Å². The number of nitrogens with zero attached hydrogens (tertiary/aromatic N) is 2. The number of ether oxygens (including phenoxy) is 1. The fraction of sp³-hybridized carbons (Fsp3) is 0.750. The Kier molecular flexibility index (Phi) is 4.45. The number of hydrogen-bond donors (Lipinski definition) is 0. The molecule has 0 aliphatic carbocycles. The Morgan fingerprint density at radius 2 is 2.12 bits per heavy atom. The van der Waals surface area contributed by atoms with Crippen LogP contribution in [0.3, 0.4) is 0 Å². The molecule has 16 heavy (non-hydrogen) atoms. The Balaban J connectivity index is 1.90. The predicted molar refractivity (Wildman–Crippen MR) is 67.2 cm³/mol. The molecule has 2 rings (SSSR count). The molecule has 0 spiro atoms. The van der Waals surface area contributed by atoms with E-state index in [9.17, 15) is 0 Å². The average molecular weight is 287 g/mol. The van der Waals surface area contributed by atoms with Gasteiger partial charge in [-0.15, -0.1) is 0 Å². The van der Waals surface area contributed by atoms with Crippen molar-refractivity contribution < 1.29 is 4.74 Å². The average Bonchev–Trinajstić information content (AvgIpc) is 2.76. The van der Waals surface area contributed by atoms with E-state index in [0.717, 1.165) is 6.61 Å². The third kappa shape index (κ3) is 3.34. The van der Waals surface area contributed by atoms with Crippen LogP contribution in [-0.2, 0) is 11.3 Å². The van der Waals surface area contributed by atoms with Crippen molar-refractivity contribution in [2.45, 2.75) is 45.8 Å². The zero-order valence-corrected chi connectivity index (χ0v) is 11.8. The molecule has 0 saturated carbocycles. The molecule has 0 radical (unpaired) electrons. The first-order valence-electron chi connectivity index (χ1n) is 6.07. The van der Waals surface area contributed by atoms with E-state index in [1.165, 1.54) is 41.5 Å². The van der Waals surface area contributed by atoms with Crippen molar-refractivity contribution in [2.75, 3.05) is 18.0 Å². The molecule has 1 aromatic rings. The summed E-state index contributed by atoms with van der Waals surface area (Å²) >= 11 is 0.409. The van der Waals surface area contributed by atoms with Gasteiger partial charge in [-0.3, -0.25) is 0 Å². The van der Waals surface area contributed by atoms with Crippen molar-refractivity contribution in [2.24, 2.45) is 0 Å². The molecule has 1 fully saturated rings. The Morgan fingerprint density at radius 3 is 2.81 bits per heavy atom. The van der Waals surface area contributed by atoms with Crippen LogP contribution < -0.4 is 4.90 Å². The second-order valence-corrected chi connectivity index (χ2v) is 6.81. The van der Waals surface area contributed by atoms with Gasteiger partial charge in [-0.1, -0.05) is 0 Å². The van der Waals surface area contributed by atoms with Crippen LogP contribution in [0.1, 0.15) is 37.5 Å². The summed E-state index contributed by atoms with van der Waals surface area (Å²) in [6.07, 6.45) is 6.37. The molecule has 0 amide bonds. The molecule has 0 N–H and O–H groups in total. The zero-order valence-electron chi connectivity index (χ0n) is 10.1. The van der Waals surface area contributed by atoms with E-state index >= 15 is 0 Å². The summed E-state index contributed by atoms with van der Waals surface area (Å²) in [5, 5.41) is 0. The fourth-order valence-electron chi connectivity index (χ4n) is 1.84. The summed E-state index contributed by atoms with van der Waals surface area (Å²) in [5.41, 5.74) is 0. The predicted octanol–water partition coefficient (Wildman–Crippen LogP) is 2.05. The number of aromatic nitrogens is 1. The molecule has 0 bridgehead atoms. The molecule has 1 saturated heterocycles. The standard InChI is InChI=1S/C12H20N2OSe/c1-10(2)15-9-11-8-13-12(16-11)14-6-4-3-5-7-14/h8,10H,3-7,9H2,1-2H3. The van der Waals surface area contributed by atoms with Crippen LogP contribution >= 0.6 is 0 Å². The molecule has 3 nitrogen and oxygen atoms in total. The Labute approximate surface area is 104 Å². The molecule has 2 heterocycles. The van der Waals surface area contributed by atoms with Crippen LogP contribution in [0.5, 0.6) is 0 Å². The second kappa shape index (κ2) is 5.85. The number of hydrogen-bond acceptors (Lipinski definition) is 3. The van der Waals surface area contributed by atoms with Gasteiger partial charge in [-0.25, -0.2) is 0 Å². The SMILES string of the molecule is CC(C)OCc1cnc(N2CCCCC2)[se]1. The van der Waals surface area contributed by atoms with Gasteiger partial charge in [0.1, 0.15) is 0 Å². The fourth-order valence-corrected chi connectivity index (χ4v) is 3.70. The number of rotatable bonds is 4. The van der Waals surface area contributed by atoms with Gasteiger partial charge in [0.15, 0.2) is 0 Å². The molecular weight excluding hydrogens is 267 g/mol. The summed E-state index contributed by atoms with van der Waals surface area (Å²) in [7, 11) is 0. The monoisotopic (exact) mass is 288 g/mol. The topological polar surface area (TPSA) is 25.4 Å². The minimum atomic E-state index is 0.315. The van der Waals surface area contributed by atoms with Crippen LogP contribution in [0.15, 0.2) is 6.20 Å². The number of anilines is 1. The van der Waals surface area contributed by atoms with Crippen molar-refractivity contribution in [3.8, 4) is 0 Å². The number of piperidine rings is 1. The van der Waals surface area contributed by atoms with Gasteiger partial charge in [-0.05, 0) is 0 Å². The van der Waals surface area contributed by atoms with Crippen LogP contribution in [0.4, 0.5) is 4.69 Å². The third-order valence-corrected chi connectivity index (χ3v) is 4.89. The molecule has 0 aromatic carbocycles.